The van der Waals surface area contributed by atoms with Gasteiger partial charge < -0.3 is 10.6 Å². The lowest BCUT2D eigenvalue weighted by atomic mass is 10.1. The van der Waals surface area contributed by atoms with Crippen LogP contribution in [0.15, 0.2) is 29.2 Å². The number of thioether (sulfide) groups is 1. The van der Waals surface area contributed by atoms with Crippen molar-refractivity contribution in [2.45, 2.75) is 36.5 Å². The monoisotopic (exact) mass is 367 g/mol. The Morgan fingerprint density at radius 1 is 1.40 bits per heavy atom. The van der Waals surface area contributed by atoms with Gasteiger partial charge in [-0.25, -0.2) is 4.68 Å². The number of nitrogens with one attached hydrogen (secondary N) is 2. The highest BCUT2D eigenvalue weighted by molar-refractivity contribution is 7.99. The Morgan fingerprint density at radius 2 is 2.16 bits per heavy atom. The third kappa shape index (κ3) is 4.35. The number of benzene rings is 1. The van der Waals surface area contributed by atoms with E-state index in [2.05, 4.69) is 20.9 Å². The molecule has 2 heterocycles. The summed E-state index contributed by atoms with van der Waals surface area (Å²) in [6, 6.07) is 6.60. The molecule has 9 heteroatoms. The Kier molecular flexibility index (Phi) is 5.64. The van der Waals surface area contributed by atoms with Gasteiger partial charge in [0.15, 0.2) is 5.69 Å². The summed E-state index contributed by atoms with van der Waals surface area (Å²) in [6.07, 6.45) is 1.89. The molecule has 2 aromatic rings. The van der Waals surface area contributed by atoms with Crippen LogP contribution in [-0.4, -0.2) is 39.7 Å². The van der Waals surface area contributed by atoms with Crippen LogP contribution in [0.25, 0.3) is 0 Å². The summed E-state index contributed by atoms with van der Waals surface area (Å²) in [7, 11) is 0. The minimum atomic E-state index is -2.50. The first-order valence-electron chi connectivity index (χ1n) is 8.03. The SMILES string of the molecule is Cc1c(C(=O)Nc2cccc(SC(F)F)c2)nnn1C1CCNCC1. The summed E-state index contributed by atoms with van der Waals surface area (Å²) >= 11 is 0.439. The Hall–Kier alpha value is -2.00. The van der Waals surface area contributed by atoms with E-state index in [1.807, 2.05) is 6.92 Å². The van der Waals surface area contributed by atoms with Gasteiger partial charge in [0.25, 0.3) is 11.7 Å². The average Bonchev–Trinajstić information content (AvgIpc) is 2.97. The Bertz CT molecular complexity index is 746. The number of piperidine rings is 1. The molecule has 134 valence electrons. The number of anilines is 1. The lowest BCUT2D eigenvalue weighted by Crippen LogP contribution is -2.30. The normalized spacial score (nSPS) is 15.5. The summed E-state index contributed by atoms with van der Waals surface area (Å²) < 4.78 is 26.7. The quantitative estimate of drug-likeness (QED) is 0.795. The second kappa shape index (κ2) is 7.92. The Labute approximate surface area is 148 Å². The number of hydrogen-bond acceptors (Lipinski definition) is 5. The molecule has 1 aromatic carbocycles. The molecule has 2 N–H and O–H groups in total. The van der Waals surface area contributed by atoms with E-state index in [4.69, 9.17) is 0 Å². The first kappa shape index (κ1) is 17.8. The van der Waals surface area contributed by atoms with Crippen molar-refractivity contribution in [1.29, 1.82) is 0 Å². The molecular formula is C16H19F2N5OS. The average molecular weight is 367 g/mol. The molecule has 0 atom stereocenters. The van der Waals surface area contributed by atoms with Crippen LogP contribution in [0.2, 0.25) is 0 Å². The maximum Gasteiger partial charge on any atom is 0.288 e. The van der Waals surface area contributed by atoms with Crippen molar-refractivity contribution < 1.29 is 13.6 Å². The Morgan fingerprint density at radius 3 is 2.88 bits per heavy atom. The molecule has 25 heavy (non-hydrogen) atoms. The second-order valence-corrected chi connectivity index (χ2v) is 6.87. The molecule has 0 radical (unpaired) electrons. The van der Waals surface area contributed by atoms with E-state index in [-0.39, 0.29) is 11.7 Å². The van der Waals surface area contributed by atoms with Crippen molar-refractivity contribution in [3.63, 3.8) is 0 Å². The molecule has 0 bridgehead atoms. The maximum atomic E-state index is 12.5. The highest BCUT2D eigenvalue weighted by Crippen LogP contribution is 2.27. The van der Waals surface area contributed by atoms with E-state index in [0.717, 1.165) is 25.9 Å². The minimum Gasteiger partial charge on any atom is -0.320 e. The van der Waals surface area contributed by atoms with Crippen molar-refractivity contribution in [2.24, 2.45) is 0 Å². The molecule has 0 aliphatic carbocycles. The predicted molar refractivity (Wildman–Crippen MR) is 92.2 cm³/mol. The number of nitrogens with zero attached hydrogens (tertiary/aromatic N) is 3. The maximum absolute atomic E-state index is 12.5. The van der Waals surface area contributed by atoms with Crippen LogP contribution in [0, 0.1) is 6.92 Å². The van der Waals surface area contributed by atoms with Gasteiger partial charge in [-0.2, -0.15) is 8.78 Å². The van der Waals surface area contributed by atoms with Gasteiger partial charge >= 0.3 is 0 Å². The predicted octanol–water partition coefficient (Wildman–Crippen LogP) is 3.08. The zero-order valence-corrected chi connectivity index (χ0v) is 14.5. The van der Waals surface area contributed by atoms with Crippen LogP contribution in [0.3, 0.4) is 0 Å². The fourth-order valence-corrected chi connectivity index (χ4v) is 3.45. The molecule has 1 aromatic heterocycles. The van der Waals surface area contributed by atoms with Gasteiger partial charge in [0.1, 0.15) is 0 Å². The number of alkyl halides is 2. The van der Waals surface area contributed by atoms with Crippen molar-refractivity contribution >= 4 is 23.4 Å². The third-order valence-electron chi connectivity index (χ3n) is 4.11. The zero-order valence-electron chi connectivity index (χ0n) is 13.7. The summed E-state index contributed by atoms with van der Waals surface area (Å²) in [5, 5.41) is 14.1. The summed E-state index contributed by atoms with van der Waals surface area (Å²) in [6.45, 7) is 3.65. The standard InChI is InChI=1S/C16H19F2N5OS/c1-10-14(21-22-23(10)12-5-7-19-8-6-12)15(24)20-11-3-2-4-13(9-11)25-16(17)18/h2-4,9,12,16,19H,5-8H2,1H3,(H,20,24). The van der Waals surface area contributed by atoms with Gasteiger partial charge in [0.2, 0.25) is 0 Å². The van der Waals surface area contributed by atoms with Gasteiger partial charge in [0.05, 0.1) is 11.7 Å². The van der Waals surface area contributed by atoms with Crippen LogP contribution in [0.4, 0.5) is 14.5 Å². The van der Waals surface area contributed by atoms with E-state index >= 15 is 0 Å². The van der Waals surface area contributed by atoms with Crippen LogP contribution < -0.4 is 10.6 Å². The number of rotatable bonds is 5. The summed E-state index contributed by atoms with van der Waals surface area (Å²) in [5.74, 6) is -2.89. The van der Waals surface area contributed by atoms with Gasteiger partial charge in [-0.05, 0) is 51.1 Å². The lowest BCUT2D eigenvalue weighted by molar-refractivity contribution is 0.102. The van der Waals surface area contributed by atoms with E-state index < -0.39 is 11.7 Å². The third-order valence-corrected chi connectivity index (χ3v) is 4.82. The highest BCUT2D eigenvalue weighted by Gasteiger charge is 2.23. The molecule has 1 aliphatic heterocycles. The fraction of sp³-hybridized carbons (Fsp3) is 0.438. The number of aromatic nitrogens is 3. The van der Waals surface area contributed by atoms with Crippen LogP contribution in [0.5, 0.6) is 0 Å². The number of halogens is 2. The molecule has 6 nitrogen and oxygen atoms in total. The molecule has 1 saturated heterocycles. The molecule has 1 fully saturated rings. The molecule has 0 unspecified atom stereocenters. The van der Waals surface area contributed by atoms with E-state index in [9.17, 15) is 13.6 Å². The number of amides is 1. The van der Waals surface area contributed by atoms with Crippen LogP contribution >= 0.6 is 11.8 Å². The zero-order chi connectivity index (χ0) is 17.8. The van der Waals surface area contributed by atoms with E-state index in [0.29, 0.717) is 28.0 Å². The highest BCUT2D eigenvalue weighted by atomic mass is 32.2. The van der Waals surface area contributed by atoms with E-state index in [1.54, 1.807) is 22.9 Å². The molecule has 1 aliphatic rings. The van der Waals surface area contributed by atoms with Crippen molar-refractivity contribution in [3.05, 3.63) is 35.7 Å². The fourth-order valence-electron chi connectivity index (χ4n) is 2.89. The number of carbonyl (C=O) groups is 1. The first-order valence-corrected chi connectivity index (χ1v) is 8.91. The van der Waals surface area contributed by atoms with Crippen molar-refractivity contribution in [1.82, 2.24) is 20.3 Å². The molecular weight excluding hydrogens is 348 g/mol. The summed E-state index contributed by atoms with van der Waals surface area (Å²) in [5.41, 5.74) is 1.42. The van der Waals surface area contributed by atoms with Crippen molar-refractivity contribution in [3.8, 4) is 0 Å². The largest absolute Gasteiger partial charge is 0.320 e. The molecule has 0 spiro atoms. The molecule has 0 saturated carbocycles. The van der Waals surface area contributed by atoms with Gasteiger partial charge in [-0.3, -0.25) is 4.79 Å². The Balaban J connectivity index is 1.72. The second-order valence-electron chi connectivity index (χ2n) is 5.81. The van der Waals surface area contributed by atoms with Crippen molar-refractivity contribution in [2.75, 3.05) is 18.4 Å². The number of hydrogen-bond donors (Lipinski definition) is 2. The van der Waals surface area contributed by atoms with E-state index in [1.165, 1.54) is 6.07 Å². The molecule has 3 rings (SSSR count). The number of carbonyl (C=O) groups excluding carboxylic acids is 1. The van der Waals surface area contributed by atoms with Crippen LogP contribution in [0.1, 0.15) is 35.1 Å². The smallest absolute Gasteiger partial charge is 0.288 e. The van der Waals surface area contributed by atoms with Gasteiger partial charge in [0, 0.05) is 10.6 Å². The molecule has 1 amide bonds. The topological polar surface area (TPSA) is 71.8 Å². The minimum absolute atomic E-state index is 0.237. The van der Waals surface area contributed by atoms with Gasteiger partial charge in [-0.15, -0.1) is 5.10 Å². The van der Waals surface area contributed by atoms with Gasteiger partial charge in [-0.1, -0.05) is 23.0 Å². The first-order chi connectivity index (χ1) is 12.0. The van der Waals surface area contributed by atoms with Crippen LogP contribution in [-0.2, 0) is 0 Å². The summed E-state index contributed by atoms with van der Waals surface area (Å²) in [4.78, 5) is 12.9. The lowest BCUT2D eigenvalue weighted by Gasteiger charge is -2.23.